The second-order valence-electron chi connectivity index (χ2n) is 5.11. The van der Waals surface area contributed by atoms with E-state index in [1.807, 2.05) is 13.0 Å². The van der Waals surface area contributed by atoms with Gasteiger partial charge in [-0.25, -0.2) is 9.59 Å². The van der Waals surface area contributed by atoms with Gasteiger partial charge in [-0.2, -0.15) is 0 Å². The number of hydrogen-bond donors (Lipinski definition) is 1. The fraction of sp³-hybridized carbons (Fsp3) is 0.667. The summed E-state index contributed by atoms with van der Waals surface area (Å²) in [5, 5.41) is 9.07. The van der Waals surface area contributed by atoms with E-state index < -0.39 is 23.7 Å². The Labute approximate surface area is 101 Å². The van der Waals surface area contributed by atoms with Crippen LogP contribution in [0.25, 0.3) is 0 Å². The highest BCUT2D eigenvalue weighted by atomic mass is 16.6. The van der Waals surface area contributed by atoms with Gasteiger partial charge < -0.3 is 9.84 Å². The van der Waals surface area contributed by atoms with Crippen molar-refractivity contribution < 1.29 is 19.4 Å². The molecule has 0 bridgehead atoms. The minimum atomic E-state index is -0.993. The number of carbonyl (C=O) groups is 2. The third-order valence-corrected chi connectivity index (χ3v) is 2.53. The lowest BCUT2D eigenvalue weighted by molar-refractivity contribution is -0.142. The van der Waals surface area contributed by atoms with Crippen LogP contribution in [0.5, 0.6) is 0 Å². The number of nitrogens with zero attached hydrogens (tertiary/aromatic N) is 1. The molecule has 5 heteroatoms. The van der Waals surface area contributed by atoms with Gasteiger partial charge in [0.25, 0.3) is 0 Å². The molecule has 0 radical (unpaired) electrons. The molecule has 1 aliphatic rings. The zero-order chi connectivity index (χ0) is 13.2. The zero-order valence-electron chi connectivity index (χ0n) is 10.7. The van der Waals surface area contributed by atoms with E-state index in [1.54, 1.807) is 20.8 Å². The number of carbonyl (C=O) groups excluding carboxylic acids is 1. The van der Waals surface area contributed by atoms with Crippen LogP contribution in [0.3, 0.4) is 0 Å². The first kappa shape index (κ1) is 13.5. The molecule has 17 heavy (non-hydrogen) atoms. The van der Waals surface area contributed by atoms with Crippen LogP contribution in [0.15, 0.2) is 11.6 Å². The van der Waals surface area contributed by atoms with Crippen molar-refractivity contribution in [3.63, 3.8) is 0 Å². The maximum absolute atomic E-state index is 11.9. The average Bonchev–Trinajstić information content (AvgIpc) is 2.58. The summed E-state index contributed by atoms with van der Waals surface area (Å²) in [4.78, 5) is 24.2. The summed E-state index contributed by atoms with van der Waals surface area (Å²) in [7, 11) is 0. The fourth-order valence-electron chi connectivity index (χ4n) is 1.69. The van der Waals surface area contributed by atoms with Gasteiger partial charge in [0.15, 0.2) is 0 Å². The molecule has 1 atom stereocenters. The SMILES string of the molecule is CC=C1CC(C(=O)O)N(C(=O)OC(C)(C)C)C1. The Kier molecular flexibility index (Phi) is 3.80. The number of rotatable bonds is 1. The van der Waals surface area contributed by atoms with Crippen LogP contribution < -0.4 is 0 Å². The summed E-state index contributed by atoms with van der Waals surface area (Å²) in [5.74, 6) is -0.993. The molecule has 1 unspecified atom stereocenters. The topological polar surface area (TPSA) is 66.8 Å². The van der Waals surface area contributed by atoms with Crippen molar-refractivity contribution in [3.8, 4) is 0 Å². The van der Waals surface area contributed by atoms with Gasteiger partial charge in [-0.3, -0.25) is 4.90 Å². The van der Waals surface area contributed by atoms with E-state index in [9.17, 15) is 9.59 Å². The Hall–Kier alpha value is -1.52. The molecule has 0 saturated carbocycles. The molecule has 1 saturated heterocycles. The molecule has 1 aliphatic heterocycles. The average molecular weight is 241 g/mol. The lowest BCUT2D eigenvalue weighted by Crippen LogP contribution is -2.43. The van der Waals surface area contributed by atoms with Crippen molar-refractivity contribution in [2.45, 2.75) is 45.8 Å². The number of likely N-dealkylation sites (tertiary alicyclic amines) is 1. The maximum atomic E-state index is 11.9. The van der Waals surface area contributed by atoms with E-state index >= 15 is 0 Å². The minimum absolute atomic E-state index is 0.336. The van der Waals surface area contributed by atoms with Crippen molar-refractivity contribution in [2.24, 2.45) is 0 Å². The monoisotopic (exact) mass is 241 g/mol. The molecule has 1 fully saturated rings. The molecule has 0 aromatic rings. The van der Waals surface area contributed by atoms with Gasteiger partial charge in [-0.15, -0.1) is 0 Å². The minimum Gasteiger partial charge on any atom is -0.480 e. The van der Waals surface area contributed by atoms with Crippen LogP contribution in [0, 0.1) is 0 Å². The lowest BCUT2D eigenvalue weighted by atomic mass is 10.1. The quantitative estimate of drug-likeness (QED) is 0.713. The van der Waals surface area contributed by atoms with E-state index in [-0.39, 0.29) is 0 Å². The standard InChI is InChI=1S/C12H19NO4/c1-5-8-6-9(10(14)15)13(7-8)11(16)17-12(2,3)4/h5,9H,6-7H2,1-4H3,(H,14,15). The van der Waals surface area contributed by atoms with Crippen LogP contribution in [-0.4, -0.2) is 40.3 Å². The molecule has 5 nitrogen and oxygen atoms in total. The Balaban J connectivity index is 2.81. The van der Waals surface area contributed by atoms with Crippen molar-refractivity contribution in [3.05, 3.63) is 11.6 Å². The number of carboxylic acids is 1. The number of carboxylic acid groups (broad SMARTS) is 1. The smallest absolute Gasteiger partial charge is 0.411 e. The highest BCUT2D eigenvalue weighted by molar-refractivity contribution is 5.82. The summed E-state index contributed by atoms with van der Waals surface area (Å²) >= 11 is 0. The van der Waals surface area contributed by atoms with Crippen molar-refractivity contribution in [1.82, 2.24) is 4.90 Å². The molecular weight excluding hydrogens is 222 g/mol. The van der Waals surface area contributed by atoms with Crippen LogP contribution in [0.1, 0.15) is 34.1 Å². The van der Waals surface area contributed by atoms with Crippen LogP contribution >= 0.6 is 0 Å². The first-order valence-electron chi connectivity index (χ1n) is 5.61. The first-order valence-corrected chi connectivity index (χ1v) is 5.61. The second kappa shape index (κ2) is 4.77. The van der Waals surface area contributed by atoms with Gasteiger partial charge >= 0.3 is 12.1 Å². The molecule has 1 amide bonds. The predicted octanol–water partition coefficient (Wildman–Crippen LogP) is 2.03. The van der Waals surface area contributed by atoms with Gasteiger partial charge in [0.1, 0.15) is 11.6 Å². The molecule has 0 aromatic carbocycles. The molecule has 0 spiro atoms. The largest absolute Gasteiger partial charge is 0.480 e. The molecular formula is C12H19NO4. The summed E-state index contributed by atoms with van der Waals surface area (Å²) in [6.45, 7) is 7.45. The van der Waals surface area contributed by atoms with Crippen molar-refractivity contribution >= 4 is 12.1 Å². The highest BCUT2D eigenvalue weighted by Gasteiger charge is 2.38. The molecule has 0 aliphatic carbocycles. The maximum Gasteiger partial charge on any atom is 0.411 e. The normalized spacial score (nSPS) is 22.9. The highest BCUT2D eigenvalue weighted by Crippen LogP contribution is 2.24. The fourth-order valence-corrected chi connectivity index (χ4v) is 1.69. The molecule has 0 aromatic heterocycles. The van der Waals surface area contributed by atoms with Crippen LogP contribution in [0.4, 0.5) is 4.79 Å². The first-order chi connectivity index (χ1) is 7.74. The molecule has 1 N–H and O–H groups in total. The van der Waals surface area contributed by atoms with E-state index in [2.05, 4.69) is 0 Å². The van der Waals surface area contributed by atoms with E-state index in [1.165, 1.54) is 4.90 Å². The summed E-state index contributed by atoms with van der Waals surface area (Å²) in [6.07, 6.45) is 1.66. The lowest BCUT2D eigenvalue weighted by Gasteiger charge is -2.26. The van der Waals surface area contributed by atoms with Crippen LogP contribution in [-0.2, 0) is 9.53 Å². The van der Waals surface area contributed by atoms with Gasteiger partial charge in [-0.05, 0) is 27.7 Å². The van der Waals surface area contributed by atoms with E-state index in [4.69, 9.17) is 9.84 Å². The van der Waals surface area contributed by atoms with Crippen molar-refractivity contribution in [1.29, 1.82) is 0 Å². The summed E-state index contributed by atoms with van der Waals surface area (Å²) in [6, 6.07) is -0.809. The summed E-state index contributed by atoms with van der Waals surface area (Å²) < 4.78 is 5.19. The molecule has 1 heterocycles. The Morgan fingerprint density at radius 2 is 2.06 bits per heavy atom. The molecule has 1 rings (SSSR count). The number of allylic oxidation sites excluding steroid dienone is 1. The van der Waals surface area contributed by atoms with Gasteiger partial charge in [-0.1, -0.05) is 11.6 Å². The Morgan fingerprint density at radius 1 is 1.47 bits per heavy atom. The third-order valence-electron chi connectivity index (χ3n) is 2.53. The second-order valence-corrected chi connectivity index (χ2v) is 5.11. The Bertz CT molecular complexity index is 354. The molecule has 96 valence electrons. The number of amides is 1. The van der Waals surface area contributed by atoms with Gasteiger partial charge in [0.05, 0.1) is 0 Å². The summed E-state index contributed by atoms with van der Waals surface area (Å²) in [5.41, 5.74) is 0.335. The number of aliphatic carboxylic acids is 1. The Morgan fingerprint density at radius 3 is 2.47 bits per heavy atom. The van der Waals surface area contributed by atoms with Gasteiger partial charge in [0.2, 0.25) is 0 Å². The van der Waals surface area contributed by atoms with E-state index in [0.29, 0.717) is 13.0 Å². The number of ether oxygens (including phenoxy) is 1. The predicted molar refractivity (Wildman–Crippen MR) is 62.7 cm³/mol. The van der Waals surface area contributed by atoms with E-state index in [0.717, 1.165) is 5.57 Å². The zero-order valence-corrected chi connectivity index (χ0v) is 10.7. The van der Waals surface area contributed by atoms with Crippen LogP contribution in [0.2, 0.25) is 0 Å². The number of hydrogen-bond acceptors (Lipinski definition) is 3. The third kappa shape index (κ3) is 3.47. The van der Waals surface area contributed by atoms with Gasteiger partial charge in [0, 0.05) is 13.0 Å². The van der Waals surface area contributed by atoms with Crippen molar-refractivity contribution in [2.75, 3.05) is 6.54 Å².